The van der Waals surface area contributed by atoms with Crippen LogP contribution in [0.25, 0.3) is 0 Å². The van der Waals surface area contributed by atoms with Crippen LogP contribution in [0.5, 0.6) is 11.5 Å². The molecule has 3 rings (SSSR count). The topological polar surface area (TPSA) is 29.5 Å². The third-order valence-electron chi connectivity index (χ3n) is 4.24. The Hall–Kier alpha value is -2.29. The molecule has 0 saturated carbocycles. The predicted octanol–water partition coefficient (Wildman–Crippen LogP) is 4.60. The molecule has 2 atom stereocenters. The van der Waals surface area contributed by atoms with Crippen LogP contribution in [-0.4, -0.2) is 23.9 Å². The lowest BCUT2D eigenvalue weighted by Gasteiger charge is -2.35. The van der Waals surface area contributed by atoms with Gasteiger partial charge in [0.05, 0.1) is 5.56 Å². The molecule has 1 aliphatic heterocycles. The van der Waals surface area contributed by atoms with E-state index < -0.39 is 0 Å². The van der Waals surface area contributed by atoms with Gasteiger partial charge in [0.2, 0.25) is 0 Å². The third kappa shape index (κ3) is 3.73. The molecule has 120 valence electrons. The molecule has 23 heavy (non-hydrogen) atoms. The second-order valence-corrected chi connectivity index (χ2v) is 6.57. The molecule has 1 fully saturated rings. The van der Waals surface area contributed by atoms with Crippen LogP contribution in [0, 0.1) is 11.8 Å². The van der Waals surface area contributed by atoms with E-state index in [1.165, 1.54) is 6.42 Å². The lowest BCUT2D eigenvalue weighted by Crippen LogP contribution is -2.42. The Morgan fingerprint density at radius 3 is 2.26 bits per heavy atom. The summed E-state index contributed by atoms with van der Waals surface area (Å²) in [6.07, 6.45) is 1.19. The summed E-state index contributed by atoms with van der Waals surface area (Å²) in [6, 6.07) is 17.1. The van der Waals surface area contributed by atoms with Crippen LogP contribution in [0.2, 0.25) is 0 Å². The number of amides is 1. The Labute approximate surface area is 137 Å². The first-order valence-corrected chi connectivity index (χ1v) is 8.24. The number of hydrogen-bond acceptors (Lipinski definition) is 2. The summed E-state index contributed by atoms with van der Waals surface area (Å²) in [7, 11) is 0. The first-order chi connectivity index (χ1) is 11.1. The van der Waals surface area contributed by atoms with E-state index in [1.54, 1.807) is 0 Å². The smallest absolute Gasteiger partial charge is 0.257 e. The number of piperidine rings is 1. The van der Waals surface area contributed by atoms with Gasteiger partial charge in [-0.05, 0) is 42.5 Å². The molecule has 1 heterocycles. The number of nitrogens with zero attached hydrogens (tertiary/aromatic N) is 1. The molecule has 0 aromatic heterocycles. The van der Waals surface area contributed by atoms with E-state index >= 15 is 0 Å². The van der Waals surface area contributed by atoms with E-state index in [2.05, 4.69) is 13.8 Å². The lowest BCUT2D eigenvalue weighted by atomic mass is 9.91. The van der Waals surface area contributed by atoms with Crippen molar-refractivity contribution in [3.05, 3.63) is 60.2 Å². The maximum absolute atomic E-state index is 12.9. The first-order valence-electron chi connectivity index (χ1n) is 8.24. The average molecular weight is 309 g/mol. The van der Waals surface area contributed by atoms with E-state index in [9.17, 15) is 4.79 Å². The summed E-state index contributed by atoms with van der Waals surface area (Å²) in [6.45, 7) is 6.07. The van der Waals surface area contributed by atoms with Crippen molar-refractivity contribution in [2.45, 2.75) is 20.3 Å². The van der Waals surface area contributed by atoms with Crippen molar-refractivity contribution in [2.24, 2.45) is 11.8 Å². The molecule has 0 radical (unpaired) electrons. The molecule has 3 nitrogen and oxygen atoms in total. The monoisotopic (exact) mass is 309 g/mol. The zero-order valence-electron chi connectivity index (χ0n) is 13.7. The van der Waals surface area contributed by atoms with Crippen molar-refractivity contribution in [1.29, 1.82) is 0 Å². The third-order valence-corrected chi connectivity index (χ3v) is 4.24. The molecule has 3 heteroatoms. The number of benzene rings is 2. The molecule has 0 spiro atoms. The minimum atomic E-state index is 0.0648. The zero-order chi connectivity index (χ0) is 16.2. The molecule has 1 amide bonds. The maximum atomic E-state index is 12.9. The quantitative estimate of drug-likeness (QED) is 0.829. The fraction of sp³-hybridized carbons (Fsp3) is 0.350. The number of hydrogen-bond donors (Lipinski definition) is 0. The van der Waals surface area contributed by atoms with Gasteiger partial charge in [-0.2, -0.15) is 0 Å². The molecule has 2 aromatic carbocycles. The summed E-state index contributed by atoms with van der Waals surface area (Å²) in [4.78, 5) is 14.9. The highest BCUT2D eigenvalue weighted by Crippen LogP contribution is 2.28. The summed E-state index contributed by atoms with van der Waals surface area (Å²) in [5.74, 6) is 2.52. The molecule has 1 aliphatic rings. The molecular weight excluding hydrogens is 286 g/mol. The second kappa shape index (κ2) is 6.86. The number of carbonyl (C=O) groups is 1. The Balaban J connectivity index is 1.83. The summed E-state index contributed by atoms with van der Waals surface area (Å²) < 4.78 is 5.93. The zero-order valence-corrected chi connectivity index (χ0v) is 13.7. The Morgan fingerprint density at radius 1 is 0.957 bits per heavy atom. The molecule has 0 N–H and O–H groups in total. The van der Waals surface area contributed by atoms with Gasteiger partial charge in [0.25, 0.3) is 5.91 Å². The van der Waals surface area contributed by atoms with Crippen LogP contribution >= 0.6 is 0 Å². The van der Waals surface area contributed by atoms with E-state index in [1.807, 2.05) is 59.5 Å². The normalized spacial score (nSPS) is 21.0. The highest BCUT2D eigenvalue weighted by Gasteiger charge is 2.27. The Morgan fingerprint density at radius 2 is 1.57 bits per heavy atom. The SMILES string of the molecule is CC1CC(C)CN(C(=O)c2ccccc2Oc2ccccc2)C1. The van der Waals surface area contributed by atoms with Gasteiger partial charge in [0.1, 0.15) is 11.5 Å². The predicted molar refractivity (Wildman–Crippen MR) is 91.8 cm³/mol. The fourth-order valence-electron chi connectivity index (χ4n) is 3.35. The number of carbonyl (C=O) groups excluding carboxylic acids is 1. The van der Waals surface area contributed by atoms with E-state index in [4.69, 9.17) is 4.74 Å². The van der Waals surface area contributed by atoms with Gasteiger partial charge in [0, 0.05) is 13.1 Å². The number of rotatable bonds is 3. The summed E-state index contributed by atoms with van der Waals surface area (Å²) >= 11 is 0. The van der Waals surface area contributed by atoms with Crippen molar-refractivity contribution in [2.75, 3.05) is 13.1 Å². The van der Waals surface area contributed by atoms with Crippen LogP contribution in [0.3, 0.4) is 0 Å². The lowest BCUT2D eigenvalue weighted by molar-refractivity contribution is 0.0620. The first kappa shape index (κ1) is 15.6. The van der Waals surface area contributed by atoms with Gasteiger partial charge in [-0.1, -0.05) is 44.2 Å². The van der Waals surface area contributed by atoms with Crippen molar-refractivity contribution in [1.82, 2.24) is 4.90 Å². The average Bonchev–Trinajstić information content (AvgIpc) is 2.55. The summed E-state index contributed by atoms with van der Waals surface area (Å²) in [5.41, 5.74) is 0.637. The molecule has 0 aliphatic carbocycles. The van der Waals surface area contributed by atoms with Gasteiger partial charge >= 0.3 is 0 Å². The number of likely N-dealkylation sites (tertiary alicyclic amines) is 1. The van der Waals surface area contributed by atoms with Crippen LogP contribution in [0.1, 0.15) is 30.6 Å². The molecular formula is C20H23NO2. The van der Waals surface area contributed by atoms with E-state index in [-0.39, 0.29) is 5.91 Å². The second-order valence-electron chi connectivity index (χ2n) is 6.57. The Kier molecular flexibility index (Phi) is 4.65. The van der Waals surface area contributed by atoms with Crippen molar-refractivity contribution < 1.29 is 9.53 Å². The number of para-hydroxylation sites is 2. The van der Waals surface area contributed by atoms with Crippen molar-refractivity contribution in [3.8, 4) is 11.5 Å². The van der Waals surface area contributed by atoms with Gasteiger partial charge in [0.15, 0.2) is 0 Å². The largest absolute Gasteiger partial charge is 0.457 e. The molecule has 1 saturated heterocycles. The van der Waals surface area contributed by atoms with Crippen LogP contribution in [0.4, 0.5) is 0 Å². The van der Waals surface area contributed by atoms with Crippen LogP contribution in [0.15, 0.2) is 54.6 Å². The van der Waals surface area contributed by atoms with Crippen molar-refractivity contribution in [3.63, 3.8) is 0 Å². The molecule has 2 aromatic rings. The molecule has 0 bridgehead atoms. The highest BCUT2D eigenvalue weighted by atomic mass is 16.5. The molecule has 2 unspecified atom stereocenters. The minimum Gasteiger partial charge on any atom is -0.457 e. The maximum Gasteiger partial charge on any atom is 0.257 e. The summed E-state index contributed by atoms with van der Waals surface area (Å²) in [5, 5.41) is 0. The van der Waals surface area contributed by atoms with Crippen LogP contribution in [-0.2, 0) is 0 Å². The highest BCUT2D eigenvalue weighted by molar-refractivity contribution is 5.97. The Bertz CT molecular complexity index is 658. The standard InChI is InChI=1S/C20H23NO2/c1-15-12-16(2)14-21(13-15)20(22)18-10-6-7-11-19(18)23-17-8-4-3-5-9-17/h3-11,15-16H,12-14H2,1-2H3. The minimum absolute atomic E-state index is 0.0648. The van der Waals surface area contributed by atoms with Gasteiger partial charge in [-0.15, -0.1) is 0 Å². The van der Waals surface area contributed by atoms with Gasteiger partial charge < -0.3 is 9.64 Å². The van der Waals surface area contributed by atoms with E-state index in [0.29, 0.717) is 23.1 Å². The van der Waals surface area contributed by atoms with E-state index in [0.717, 1.165) is 18.8 Å². The number of ether oxygens (including phenoxy) is 1. The van der Waals surface area contributed by atoms with Crippen LogP contribution < -0.4 is 4.74 Å². The fourth-order valence-corrected chi connectivity index (χ4v) is 3.35. The van der Waals surface area contributed by atoms with Crippen molar-refractivity contribution >= 4 is 5.91 Å². The van der Waals surface area contributed by atoms with Gasteiger partial charge in [-0.25, -0.2) is 0 Å². The van der Waals surface area contributed by atoms with Gasteiger partial charge in [-0.3, -0.25) is 4.79 Å².